The van der Waals surface area contributed by atoms with Crippen molar-refractivity contribution in [2.45, 2.75) is 32.6 Å². The van der Waals surface area contributed by atoms with Gasteiger partial charge in [-0.2, -0.15) is 0 Å². The van der Waals surface area contributed by atoms with Gasteiger partial charge in [0.1, 0.15) is 0 Å². The zero-order valence-electron chi connectivity index (χ0n) is 12.9. The Morgan fingerprint density at radius 1 is 1.10 bits per heavy atom. The maximum Gasteiger partial charge on any atom is 0.0178 e. The molecule has 0 aliphatic heterocycles. The number of benzene rings is 2. The third kappa shape index (κ3) is 5.29. The van der Waals surface area contributed by atoms with E-state index in [9.17, 15) is 0 Å². The van der Waals surface area contributed by atoms with Crippen molar-refractivity contribution in [1.82, 2.24) is 5.32 Å². The molecule has 2 aromatic rings. The molecule has 0 saturated heterocycles. The van der Waals surface area contributed by atoms with E-state index in [1.807, 2.05) is 0 Å². The van der Waals surface area contributed by atoms with Crippen LogP contribution in [0, 0.1) is 6.92 Å². The van der Waals surface area contributed by atoms with Crippen LogP contribution in [-0.2, 0) is 6.42 Å². The molecule has 0 saturated carbocycles. The van der Waals surface area contributed by atoms with E-state index < -0.39 is 0 Å². The molecule has 1 atom stereocenters. The first kappa shape index (κ1) is 16.3. The fourth-order valence-electron chi connectivity index (χ4n) is 2.65. The van der Waals surface area contributed by atoms with Crippen LogP contribution in [0.4, 0.5) is 0 Å². The molecule has 2 rings (SSSR count). The minimum absolute atomic E-state index is 0.510. The number of halogens is 1. The minimum Gasteiger partial charge on any atom is -0.316 e. The summed E-state index contributed by atoms with van der Waals surface area (Å²) in [6.07, 6.45) is 2.25. The maximum absolute atomic E-state index is 3.59. The van der Waals surface area contributed by atoms with Gasteiger partial charge in [0.15, 0.2) is 0 Å². The van der Waals surface area contributed by atoms with Crippen LogP contribution in [-0.4, -0.2) is 13.1 Å². The minimum atomic E-state index is 0.510. The van der Waals surface area contributed by atoms with Crippen LogP contribution >= 0.6 is 15.9 Å². The van der Waals surface area contributed by atoms with Crippen molar-refractivity contribution in [3.05, 3.63) is 69.7 Å². The SMILES string of the molecule is CCCNCC(Cc1cccc(C)c1)c1cccc(Br)c1. The normalized spacial score (nSPS) is 12.3. The molecule has 1 unspecified atom stereocenters. The zero-order chi connectivity index (χ0) is 15.1. The molecule has 21 heavy (non-hydrogen) atoms. The highest BCUT2D eigenvalue weighted by Crippen LogP contribution is 2.24. The second-order valence-electron chi connectivity index (χ2n) is 5.65. The van der Waals surface area contributed by atoms with E-state index in [0.29, 0.717) is 5.92 Å². The van der Waals surface area contributed by atoms with Gasteiger partial charge >= 0.3 is 0 Å². The van der Waals surface area contributed by atoms with E-state index in [1.54, 1.807) is 0 Å². The summed E-state index contributed by atoms with van der Waals surface area (Å²) in [4.78, 5) is 0. The topological polar surface area (TPSA) is 12.0 Å². The molecule has 0 fully saturated rings. The number of rotatable bonds is 7. The van der Waals surface area contributed by atoms with Crippen molar-refractivity contribution in [2.24, 2.45) is 0 Å². The lowest BCUT2D eigenvalue weighted by atomic mass is 9.91. The quantitative estimate of drug-likeness (QED) is 0.689. The number of nitrogens with one attached hydrogen (secondary N) is 1. The highest BCUT2D eigenvalue weighted by molar-refractivity contribution is 9.10. The predicted molar refractivity (Wildman–Crippen MR) is 94.9 cm³/mol. The molecule has 2 heteroatoms. The third-order valence-electron chi connectivity index (χ3n) is 3.70. The first-order valence-corrected chi connectivity index (χ1v) is 8.50. The number of hydrogen-bond donors (Lipinski definition) is 1. The Morgan fingerprint density at radius 2 is 1.90 bits per heavy atom. The van der Waals surface area contributed by atoms with Gasteiger partial charge in [-0.15, -0.1) is 0 Å². The van der Waals surface area contributed by atoms with Crippen molar-refractivity contribution < 1.29 is 0 Å². The average Bonchev–Trinajstić information content (AvgIpc) is 2.46. The molecule has 0 bridgehead atoms. The van der Waals surface area contributed by atoms with Crippen LogP contribution < -0.4 is 5.32 Å². The van der Waals surface area contributed by atoms with Crippen LogP contribution in [0.3, 0.4) is 0 Å². The molecule has 0 heterocycles. The lowest BCUT2D eigenvalue weighted by Gasteiger charge is -2.19. The van der Waals surface area contributed by atoms with Crippen molar-refractivity contribution in [3.63, 3.8) is 0 Å². The Kier molecular flexibility index (Phi) is 6.47. The Labute approximate surface area is 136 Å². The standard InChI is InChI=1S/C19H24BrN/c1-3-10-21-14-18(17-8-5-9-19(20)13-17)12-16-7-4-6-15(2)11-16/h4-9,11,13,18,21H,3,10,12,14H2,1-2H3. The Morgan fingerprint density at radius 3 is 2.62 bits per heavy atom. The summed E-state index contributed by atoms with van der Waals surface area (Å²) in [5.74, 6) is 0.510. The van der Waals surface area contributed by atoms with E-state index in [4.69, 9.17) is 0 Å². The number of aryl methyl sites for hydroxylation is 1. The van der Waals surface area contributed by atoms with Gasteiger partial charge in [0.05, 0.1) is 0 Å². The predicted octanol–water partition coefficient (Wildman–Crippen LogP) is 5.08. The zero-order valence-corrected chi connectivity index (χ0v) is 14.5. The van der Waals surface area contributed by atoms with Crippen LogP contribution in [0.5, 0.6) is 0 Å². The van der Waals surface area contributed by atoms with E-state index in [0.717, 1.165) is 24.0 Å². The highest BCUT2D eigenvalue weighted by Gasteiger charge is 2.12. The van der Waals surface area contributed by atoms with Gasteiger partial charge in [-0.3, -0.25) is 0 Å². The molecule has 1 nitrogen and oxygen atoms in total. The first-order valence-electron chi connectivity index (χ1n) is 7.70. The fraction of sp³-hybridized carbons (Fsp3) is 0.368. The van der Waals surface area contributed by atoms with Crippen molar-refractivity contribution in [1.29, 1.82) is 0 Å². The van der Waals surface area contributed by atoms with Gasteiger partial charge in [-0.1, -0.05) is 64.8 Å². The van der Waals surface area contributed by atoms with E-state index in [1.165, 1.54) is 23.1 Å². The molecule has 0 spiro atoms. The van der Waals surface area contributed by atoms with E-state index in [-0.39, 0.29) is 0 Å². The van der Waals surface area contributed by atoms with E-state index >= 15 is 0 Å². The third-order valence-corrected chi connectivity index (χ3v) is 4.20. The van der Waals surface area contributed by atoms with E-state index in [2.05, 4.69) is 83.6 Å². The second kappa shape index (κ2) is 8.35. The van der Waals surface area contributed by atoms with Crippen molar-refractivity contribution >= 4 is 15.9 Å². The van der Waals surface area contributed by atoms with Gasteiger partial charge in [0.2, 0.25) is 0 Å². The summed E-state index contributed by atoms with van der Waals surface area (Å²) >= 11 is 3.59. The van der Waals surface area contributed by atoms with Gasteiger partial charge < -0.3 is 5.32 Å². The summed E-state index contributed by atoms with van der Waals surface area (Å²) in [6.45, 7) is 6.48. The summed E-state index contributed by atoms with van der Waals surface area (Å²) in [5.41, 5.74) is 4.15. The molecule has 0 aliphatic carbocycles. The largest absolute Gasteiger partial charge is 0.316 e. The fourth-order valence-corrected chi connectivity index (χ4v) is 3.06. The molecule has 112 valence electrons. The maximum atomic E-state index is 3.59. The van der Waals surface area contributed by atoms with Crippen LogP contribution in [0.1, 0.15) is 36.0 Å². The monoisotopic (exact) mass is 345 g/mol. The molecule has 0 amide bonds. The molecular weight excluding hydrogens is 322 g/mol. The highest BCUT2D eigenvalue weighted by atomic mass is 79.9. The van der Waals surface area contributed by atoms with Crippen LogP contribution in [0.15, 0.2) is 53.0 Å². The Hall–Kier alpha value is -1.12. The van der Waals surface area contributed by atoms with Gasteiger partial charge in [-0.05, 0) is 49.6 Å². The van der Waals surface area contributed by atoms with Crippen LogP contribution in [0.2, 0.25) is 0 Å². The summed E-state index contributed by atoms with van der Waals surface area (Å²) in [7, 11) is 0. The smallest absolute Gasteiger partial charge is 0.0178 e. The van der Waals surface area contributed by atoms with Crippen molar-refractivity contribution in [3.8, 4) is 0 Å². The molecule has 2 aromatic carbocycles. The van der Waals surface area contributed by atoms with Gasteiger partial charge in [0.25, 0.3) is 0 Å². The lowest BCUT2D eigenvalue weighted by molar-refractivity contribution is 0.576. The summed E-state index contributed by atoms with van der Waals surface area (Å²) < 4.78 is 1.16. The second-order valence-corrected chi connectivity index (χ2v) is 6.56. The number of hydrogen-bond acceptors (Lipinski definition) is 1. The molecule has 1 N–H and O–H groups in total. The van der Waals surface area contributed by atoms with Gasteiger partial charge in [0, 0.05) is 16.9 Å². The molecule has 0 radical (unpaired) electrons. The van der Waals surface area contributed by atoms with Crippen LogP contribution in [0.25, 0.3) is 0 Å². The summed E-state index contributed by atoms with van der Waals surface area (Å²) in [5, 5.41) is 3.57. The van der Waals surface area contributed by atoms with Gasteiger partial charge in [-0.25, -0.2) is 0 Å². The van der Waals surface area contributed by atoms with Crippen molar-refractivity contribution in [2.75, 3.05) is 13.1 Å². The molecular formula is C19H24BrN. The Bertz CT molecular complexity index is 565. The molecule has 0 aliphatic rings. The lowest BCUT2D eigenvalue weighted by Crippen LogP contribution is -2.23. The Balaban J connectivity index is 2.15. The average molecular weight is 346 g/mol. The molecule has 0 aromatic heterocycles. The summed E-state index contributed by atoms with van der Waals surface area (Å²) in [6, 6.07) is 17.5. The first-order chi connectivity index (χ1) is 10.2.